The molecule has 0 bridgehead atoms. The molecule has 11 heavy (non-hydrogen) atoms. The maximum Gasteiger partial charge on any atom is 0.472 e. The molecule has 0 fully saturated rings. The molecule has 0 aliphatic rings. The molecule has 0 unspecified atom stereocenters. The highest BCUT2D eigenvalue weighted by Gasteiger charge is 2.15. The number of hydrogen-bond donors (Lipinski definition) is 1. The fraction of sp³-hybridized carbons (Fsp3) is 0.857. The Morgan fingerprint density at radius 2 is 1.91 bits per heavy atom. The van der Waals surface area contributed by atoms with E-state index in [2.05, 4.69) is 20.8 Å². The second-order valence-corrected chi connectivity index (χ2v) is 5.55. The highest BCUT2D eigenvalue weighted by molar-refractivity contribution is 14.0. The van der Waals surface area contributed by atoms with Crippen LogP contribution in [0.5, 0.6) is 0 Å². The van der Waals surface area contributed by atoms with Gasteiger partial charge in [0, 0.05) is 3.91 Å². The summed E-state index contributed by atoms with van der Waals surface area (Å²) in [5.41, 5.74) is 0.261. The lowest BCUT2D eigenvalue weighted by atomic mass is 10.0. The summed E-state index contributed by atoms with van der Waals surface area (Å²) >= 11 is -0.657. The van der Waals surface area contributed by atoms with Crippen LogP contribution in [-0.2, 0) is 4.79 Å². The lowest BCUT2D eigenvalue weighted by Gasteiger charge is -2.16. The molecule has 4 heteroatoms. The van der Waals surface area contributed by atoms with Crippen molar-refractivity contribution in [1.29, 1.82) is 0 Å². The summed E-state index contributed by atoms with van der Waals surface area (Å²) in [4.78, 5) is 10.7. The molecule has 1 N–H and O–H groups in total. The number of rotatable bonds is 3. The van der Waals surface area contributed by atoms with Gasteiger partial charge in [-0.2, -0.15) is 0 Å². The van der Waals surface area contributed by atoms with Gasteiger partial charge in [0.25, 0.3) is 0 Å². The molecule has 0 rings (SSSR count). The standard InChI is InChI=1S/C5H11.C2H3O2.HI.Mg/c1-5(2,3)4;3-1-2-4;;/h1H2,2-4H3;3H,1H2;1H;. The molecular formula is C7H15IMgO2. The average molecular weight is 282 g/mol. The van der Waals surface area contributed by atoms with Crippen LogP contribution in [0.15, 0.2) is 0 Å². The predicted octanol–water partition coefficient (Wildman–Crippen LogP) is 1.29. The summed E-state index contributed by atoms with van der Waals surface area (Å²) in [6.07, 6.45) is 0. The van der Waals surface area contributed by atoms with Crippen LogP contribution in [0.1, 0.15) is 20.8 Å². The average Bonchev–Trinajstić information content (AvgIpc) is 1.81. The van der Waals surface area contributed by atoms with Gasteiger partial charge in [-0.1, -0.05) is 26.2 Å². The van der Waals surface area contributed by atoms with Gasteiger partial charge in [0.1, 0.15) is 0 Å². The van der Waals surface area contributed by atoms with Gasteiger partial charge in [-0.25, -0.2) is 0 Å². The van der Waals surface area contributed by atoms with E-state index in [-0.39, 0.29) is 39.9 Å². The Morgan fingerprint density at radius 3 is 2.18 bits per heavy atom. The fourth-order valence-electron chi connectivity index (χ4n) is 0.593. The molecule has 0 saturated carbocycles. The largest absolute Gasteiger partial charge is 0.472 e. The van der Waals surface area contributed by atoms with Gasteiger partial charge in [0.05, 0.1) is 6.61 Å². The van der Waals surface area contributed by atoms with Gasteiger partial charge in [0.2, 0.25) is 0 Å². The van der Waals surface area contributed by atoms with E-state index < -0.39 is 20.4 Å². The third-order valence-electron chi connectivity index (χ3n) is 1.33. The SMILES string of the molecule is CC(C)(C)[CH2][Mg][C](=O)CO.I. The second-order valence-electron chi connectivity index (χ2n) is 3.76. The summed E-state index contributed by atoms with van der Waals surface area (Å²) in [5.74, 6) is 0. The first-order valence-electron chi connectivity index (χ1n) is 3.58. The zero-order chi connectivity index (χ0) is 8.20. The van der Waals surface area contributed by atoms with Gasteiger partial charge in [-0.15, -0.1) is 28.5 Å². The van der Waals surface area contributed by atoms with Crippen molar-refractivity contribution in [2.24, 2.45) is 5.41 Å². The van der Waals surface area contributed by atoms with E-state index in [1.54, 1.807) is 0 Å². The van der Waals surface area contributed by atoms with Gasteiger partial charge in [0.15, 0.2) is 0 Å². The van der Waals surface area contributed by atoms with Gasteiger partial charge >= 0.3 is 20.4 Å². The number of aliphatic hydroxyl groups is 1. The number of aliphatic hydroxyl groups excluding tert-OH is 1. The van der Waals surface area contributed by atoms with Crippen molar-refractivity contribution in [2.75, 3.05) is 6.61 Å². The van der Waals surface area contributed by atoms with E-state index >= 15 is 0 Å². The van der Waals surface area contributed by atoms with E-state index in [1.807, 2.05) is 0 Å². The molecule has 0 spiro atoms. The summed E-state index contributed by atoms with van der Waals surface area (Å²) in [6.45, 7) is 6.10. The molecule has 0 aromatic carbocycles. The van der Waals surface area contributed by atoms with Crippen LogP contribution >= 0.6 is 24.0 Å². The van der Waals surface area contributed by atoms with E-state index in [0.29, 0.717) is 0 Å². The summed E-state index contributed by atoms with van der Waals surface area (Å²) in [5, 5.41) is 8.42. The number of carbonyl (C=O) groups is 1. The topological polar surface area (TPSA) is 37.3 Å². The minimum Gasteiger partial charge on any atom is -0.392 e. The van der Waals surface area contributed by atoms with E-state index in [0.717, 1.165) is 4.55 Å². The van der Waals surface area contributed by atoms with Crippen molar-refractivity contribution in [3.05, 3.63) is 0 Å². The molecule has 64 valence electrons. The number of halogens is 1. The van der Waals surface area contributed by atoms with Crippen molar-refractivity contribution >= 4 is 48.3 Å². The highest BCUT2D eigenvalue weighted by Crippen LogP contribution is 2.17. The molecule has 0 heterocycles. The maximum absolute atomic E-state index is 10.7. The third kappa shape index (κ3) is 11.1. The summed E-state index contributed by atoms with van der Waals surface area (Å²) < 4.78 is 1.07. The van der Waals surface area contributed by atoms with Crippen LogP contribution in [0.3, 0.4) is 0 Å². The van der Waals surface area contributed by atoms with Crippen LogP contribution in [0.4, 0.5) is 0 Å². The quantitative estimate of drug-likeness (QED) is 0.626. The molecular weight excluding hydrogens is 267 g/mol. The Bertz CT molecular complexity index is 120. The van der Waals surface area contributed by atoms with Gasteiger partial charge in [-0.3, -0.25) is 0 Å². The van der Waals surface area contributed by atoms with Crippen LogP contribution in [0.25, 0.3) is 0 Å². The number of carbonyl (C=O) groups excluding carboxylic acids is 1. The summed E-state index contributed by atoms with van der Waals surface area (Å²) in [6, 6.07) is 0. The second kappa shape index (κ2) is 6.62. The Kier molecular flexibility index (Phi) is 8.81. The van der Waals surface area contributed by atoms with Crippen LogP contribution in [0, 0.1) is 5.41 Å². The van der Waals surface area contributed by atoms with Crippen molar-refractivity contribution in [3.8, 4) is 0 Å². The van der Waals surface area contributed by atoms with Crippen LogP contribution < -0.4 is 0 Å². The normalized spacial score (nSPS) is 9.82. The Hall–Kier alpha value is 1.13. The molecule has 0 radical (unpaired) electrons. The highest BCUT2D eigenvalue weighted by atomic mass is 127. The minimum atomic E-state index is -0.657. The minimum absolute atomic E-state index is 0. The van der Waals surface area contributed by atoms with Crippen LogP contribution in [0.2, 0.25) is 4.55 Å². The fourth-order valence-corrected chi connectivity index (χ4v) is 1.78. The van der Waals surface area contributed by atoms with E-state index in [1.165, 1.54) is 0 Å². The lowest BCUT2D eigenvalue weighted by Crippen LogP contribution is -2.18. The molecule has 0 amide bonds. The zero-order valence-electron chi connectivity index (χ0n) is 7.39. The molecule has 0 atom stereocenters. The number of hydrogen-bond acceptors (Lipinski definition) is 2. The first-order chi connectivity index (χ1) is 4.45. The Balaban J connectivity index is 0. The molecule has 0 aliphatic heterocycles. The molecule has 0 aromatic rings. The van der Waals surface area contributed by atoms with Crippen molar-refractivity contribution < 1.29 is 9.90 Å². The van der Waals surface area contributed by atoms with Gasteiger partial charge in [-0.05, 0) is 0 Å². The van der Waals surface area contributed by atoms with E-state index in [4.69, 9.17) is 5.11 Å². The summed E-state index contributed by atoms with van der Waals surface area (Å²) in [7, 11) is 0. The monoisotopic (exact) mass is 282 g/mol. The first kappa shape index (κ1) is 14.6. The van der Waals surface area contributed by atoms with Crippen LogP contribution in [-0.4, -0.2) is 36.0 Å². The van der Waals surface area contributed by atoms with Gasteiger partial charge < -0.3 is 9.90 Å². The van der Waals surface area contributed by atoms with Crippen molar-refractivity contribution in [3.63, 3.8) is 0 Å². The Morgan fingerprint density at radius 1 is 1.45 bits per heavy atom. The Labute approximate surface area is 94.9 Å². The smallest absolute Gasteiger partial charge is 0.392 e. The van der Waals surface area contributed by atoms with E-state index in [9.17, 15) is 4.79 Å². The predicted molar refractivity (Wildman–Crippen MR) is 57.5 cm³/mol. The first-order valence-corrected chi connectivity index (χ1v) is 5.29. The molecule has 2 nitrogen and oxygen atoms in total. The molecule has 0 aromatic heterocycles. The molecule has 0 saturated heterocycles. The van der Waals surface area contributed by atoms with Crippen molar-refractivity contribution in [2.45, 2.75) is 25.3 Å². The third-order valence-corrected chi connectivity index (χ3v) is 3.86. The van der Waals surface area contributed by atoms with Crippen molar-refractivity contribution in [1.82, 2.24) is 0 Å². The maximum atomic E-state index is 10.7. The zero-order valence-corrected chi connectivity index (χ0v) is 11.1. The lowest BCUT2D eigenvalue weighted by molar-refractivity contribution is -0.114. The molecule has 0 aliphatic carbocycles.